The van der Waals surface area contributed by atoms with Gasteiger partial charge in [-0.2, -0.15) is 0 Å². The number of carbonyl (C=O) groups is 2. The van der Waals surface area contributed by atoms with Crippen LogP contribution in [0.3, 0.4) is 0 Å². The fourth-order valence-corrected chi connectivity index (χ4v) is 3.73. The Kier molecular flexibility index (Phi) is 4.95. The molecule has 0 bridgehead atoms. The van der Waals surface area contributed by atoms with E-state index in [2.05, 4.69) is 0 Å². The van der Waals surface area contributed by atoms with Crippen molar-refractivity contribution in [3.05, 3.63) is 106 Å². The highest BCUT2D eigenvalue weighted by Gasteiger charge is 2.46. The van der Waals surface area contributed by atoms with Gasteiger partial charge in [-0.1, -0.05) is 77.8 Å². The molecule has 1 saturated heterocycles. The van der Waals surface area contributed by atoms with Crippen molar-refractivity contribution in [2.24, 2.45) is 0 Å². The van der Waals surface area contributed by atoms with Crippen LogP contribution in [-0.4, -0.2) is 16.8 Å². The Bertz CT molecular complexity index is 1120. The predicted octanol–water partition coefficient (Wildman–Crippen LogP) is 5.27. The molecule has 3 aromatic rings. The zero-order valence-electron chi connectivity index (χ0n) is 15.7. The van der Waals surface area contributed by atoms with Crippen molar-refractivity contribution < 1.29 is 14.7 Å². The summed E-state index contributed by atoms with van der Waals surface area (Å²) < 4.78 is 0. The average Bonchev–Trinajstić information content (AvgIpc) is 2.99. The van der Waals surface area contributed by atoms with Gasteiger partial charge in [0, 0.05) is 16.3 Å². The van der Waals surface area contributed by atoms with Gasteiger partial charge < -0.3 is 5.11 Å². The Morgan fingerprint density at radius 3 is 2.28 bits per heavy atom. The van der Waals surface area contributed by atoms with Crippen LogP contribution in [0.2, 0.25) is 5.02 Å². The van der Waals surface area contributed by atoms with Crippen LogP contribution < -0.4 is 4.90 Å². The van der Waals surface area contributed by atoms with Crippen molar-refractivity contribution in [1.82, 2.24) is 0 Å². The lowest BCUT2D eigenvalue weighted by Gasteiger charge is -2.25. The molecule has 1 aliphatic heterocycles. The van der Waals surface area contributed by atoms with Gasteiger partial charge in [0.15, 0.2) is 0 Å². The fourth-order valence-electron chi connectivity index (χ4n) is 3.54. The van der Waals surface area contributed by atoms with Crippen LogP contribution in [0.15, 0.2) is 84.4 Å². The topological polar surface area (TPSA) is 57.6 Å². The zero-order chi connectivity index (χ0) is 20.5. The molecule has 1 aliphatic rings. The molecule has 4 nitrogen and oxygen atoms in total. The number of rotatable bonds is 3. The maximum absolute atomic E-state index is 13.0. The van der Waals surface area contributed by atoms with Crippen LogP contribution in [0, 0.1) is 6.92 Å². The summed E-state index contributed by atoms with van der Waals surface area (Å²) in [6.07, 6.45) is 0. The van der Waals surface area contributed by atoms with Gasteiger partial charge in [-0.15, -0.1) is 0 Å². The predicted molar refractivity (Wildman–Crippen MR) is 114 cm³/mol. The number of aryl methyl sites for hydroxylation is 1. The van der Waals surface area contributed by atoms with Crippen LogP contribution in [0.25, 0.3) is 5.76 Å². The Balaban J connectivity index is 1.96. The highest BCUT2D eigenvalue weighted by atomic mass is 35.5. The molecule has 1 unspecified atom stereocenters. The van der Waals surface area contributed by atoms with Crippen molar-refractivity contribution in [3.63, 3.8) is 0 Å². The lowest BCUT2D eigenvalue weighted by atomic mass is 9.94. The molecule has 0 saturated carbocycles. The van der Waals surface area contributed by atoms with Crippen LogP contribution in [0.1, 0.15) is 22.7 Å². The molecule has 29 heavy (non-hydrogen) atoms. The third-order valence-corrected chi connectivity index (χ3v) is 5.21. The van der Waals surface area contributed by atoms with Gasteiger partial charge in [-0.3, -0.25) is 14.5 Å². The number of nitrogens with zero attached hydrogens (tertiary/aromatic N) is 1. The number of anilines is 1. The normalized spacial score (nSPS) is 18.3. The molecule has 1 N–H and O–H groups in total. The summed E-state index contributed by atoms with van der Waals surface area (Å²) in [5.74, 6) is -1.62. The van der Waals surface area contributed by atoms with Crippen LogP contribution in [0.4, 0.5) is 5.69 Å². The number of amides is 1. The third-order valence-electron chi connectivity index (χ3n) is 4.97. The van der Waals surface area contributed by atoms with Crippen LogP contribution in [-0.2, 0) is 9.59 Å². The summed E-state index contributed by atoms with van der Waals surface area (Å²) in [5, 5.41) is 11.4. The maximum Gasteiger partial charge on any atom is 0.300 e. The minimum atomic E-state index is -0.755. The molecular formula is C24H18ClNO3. The van der Waals surface area contributed by atoms with E-state index in [0.717, 1.165) is 11.1 Å². The molecule has 1 fully saturated rings. The number of ketones is 1. The number of hydrogen-bond donors (Lipinski definition) is 1. The monoisotopic (exact) mass is 403 g/mol. The lowest BCUT2D eigenvalue weighted by Crippen LogP contribution is -2.29. The third kappa shape index (κ3) is 3.43. The molecule has 0 aromatic heterocycles. The molecule has 144 valence electrons. The second kappa shape index (κ2) is 7.57. The van der Waals surface area contributed by atoms with Gasteiger partial charge in [-0.05, 0) is 30.7 Å². The van der Waals surface area contributed by atoms with Crippen molar-refractivity contribution in [2.75, 3.05) is 4.90 Å². The van der Waals surface area contributed by atoms with Gasteiger partial charge >= 0.3 is 0 Å². The Morgan fingerprint density at radius 2 is 1.62 bits per heavy atom. The number of Topliss-reactive ketones (excluding diaryl/α,β-unsaturated/α-hetero) is 1. The summed E-state index contributed by atoms with van der Waals surface area (Å²) in [6, 6.07) is 22.3. The minimum Gasteiger partial charge on any atom is -0.507 e. The molecule has 0 spiro atoms. The molecule has 0 radical (unpaired) electrons. The number of carbonyl (C=O) groups excluding carboxylic acids is 2. The van der Waals surface area contributed by atoms with E-state index in [4.69, 9.17) is 11.6 Å². The molecule has 3 aromatic carbocycles. The summed E-state index contributed by atoms with van der Waals surface area (Å²) in [4.78, 5) is 27.4. The average molecular weight is 404 g/mol. The number of aliphatic hydroxyl groups excluding tert-OH is 1. The molecule has 1 heterocycles. The molecule has 0 aliphatic carbocycles. The number of aliphatic hydroxyl groups is 1. The molecule has 4 rings (SSSR count). The second-order valence-electron chi connectivity index (χ2n) is 6.93. The van der Waals surface area contributed by atoms with E-state index >= 15 is 0 Å². The van der Waals surface area contributed by atoms with Gasteiger partial charge in [0.05, 0.1) is 11.6 Å². The van der Waals surface area contributed by atoms with E-state index in [1.807, 2.05) is 37.3 Å². The summed E-state index contributed by atoms with van der Waals surface area (Å²) in [7, 11) is 0. The van der Waals surface area contributed by atoms with Crippen molar-refractivity contribution >= 4 is 34.7 Å². The van der Waals surface area contributed by atoms with E-state index in [1.165, 1.54) is 4.90 Å². The van der Waals surface area contributed by atoms with E-state index in [1.54, 1.807) is 48.5 Å². The molecule has 1 amide bonds. The zero-order valence-corrected chi connectivity index (χ0v) is 16.4. The van der Waals surface area contributed by atoms with Crippen LogP contribution in [0.5, 0.6) is 0 Å². The second-order valence-corrected chi connectivity index (χ2v) is 7.36. The van der Waals surface area contributed by atoms with Crippen molar-refractivity contribution in [2.45, 2.75) is 13.0 Å². The van der Waals surface area contributed by atoms with Gasteiger partial charge in [-0.25, -0.2) is 0 Å². The standard InChI is InChI=1S/C24H18ClNO3/c1-15-10-12-16(13-11-15)21-20(22(27)17-6-3-2-4-7-17)23(28)24(29)26(21)19-9-5-8-18(25)14-19/h2-14,21,27H,1H3/b22-20+. The maximum atomic E-state index is 13.0. The van der Waals surface area contributed by atoms with Crippen LogP contribution >= 0.6 is 11.6 Å². The lowest BCUT2D eigenvalue weighted by molar-refractivity contribution is -0.132. The SMILES string of the molecule is Cc1ccc(C2/C(=C(\O)c3ccccc3)C(=O)C(=O)N2c2cccc(Cl)c2)cc1. The Labute approximate surface area is 173 Å². The molecule has 1 atom stereocenters. The highest BCUT2D eigenvalue weighted by Crippen LogP contribution is 2.42. The van der Waals surface area contributed by atoms with E-state index in [-0.39, 0.29) is 11.3 Å². The van der Waals surface area contributed by atoms with Crippen molar-refractivity contribution in [3.8, 4) is 0 Å². The summed E-state index contributed by atoms with van der Waals surface area (Å²) in [6.45, 7) is 1.96. The number of benzene rings is 3. The first-order chi connectivity index (χ1) is 14.0. The Hall–Kier alpha value is -3.37. The number of hydrogen-bond acceptors (Lipinski definition) is 3. The largest absolute Gasteiger partial charge is 0.507 e. The highest BCUT2D eigenvalue weighted by molar-refractivity contribution is 6.51. The first-order valence-corrected chi connectivity index (χ1v) is 9.53. The van der Waals surface area contributed by atoms with E-state index in [9.17, 15) is 14.7 Å². The van der Waals surface area contributed by atoms with E-state index < -0.39 is 17.7 Å². The van der Waals surface area contributed by atoms with Crippen molar-refractivity contribution in [1.29, 1.82) is 0 Å². The number of halogens is 1. The molecule has 5 heteroatoms. The van der Waals surface area contributed by atoms with Gasteiger partial charge in [0.1, 0.15) is 5.76 Å². The minimum absolute atomic E-state index is 0.0602. The quantitative estimate of drug-likeness (QED) is 0.368. The summed E-state index contributed by atoms with van der Waals surface area (Å²) >= 11 is 6.13. The fraction of sp³-hybridized carbons (Fsp3) is 0.0833. The first-order valence-electron chi connectivity index (χ1n) is 9.16. The smallest absolute Gasteiger partial charge is 0.300 e. The summed E-state index contributed by atoms with van der Waals surface area (Å²) in [5.41, 5.74) is 2.82. The Morgan fingerprint density at radius 1 is 0.931 bits per heavy atom. The van der Waals surface area contributed by atoms with Gasteiger partial charge in [0.25, 0.3) is 11.7 Å². The van der Waals surface area contributed by atoms with E-state index in [0.29, 0.717) is 16.3 Å². The molecular weight excluding hydrogens is 386 g/mol. The van der Waals surface area contributed by atoms with Gasteiger partial charge in [0.2, 0.25) is 0 Å². The first kappa shape index (κ1) is 19.0.